The monoisotopic (exact) mass is 190 g/mol. The highest BCUT2D eigenvalue weighted by atomic mass is 16.5. The summed E-state index contributed by atoms with van der Waals surface area (Å²) in [4.78, 5) is 4.38. The fourth-order valence-corrected chi connectivity index (χ4v) is 1.59. The molecule has 0 aromatic carbocycles. The Morgan fingerprint density at radius 2 is 2.36 bits per heavy atom. The average molecular weight is 190 g/mol. The van der Waals surface area contributed by atoms with Gasteiger partial charge in [-0.25, -0.2) is 4.98 Å². The van der Waals surface area contributed by atoms with Gasteiger partial charge in [0.2, 0.25) is 0 Å². The number of hydrogen-bond acceptors (Lipinski definition) is 2. The molecule has 0 radical (unpaired) electrons. The first-order chi connectivity index (χ1) is 6.83. The molecule has 2 rings (SSSR count). The van der Waals surface area contributed by atoms with E-state index in [1.54, 1.807) is 7.11 Å². The first-order valence-electron chi connectivity index (χ1n) is 4.73. The molecule has 2 aromatic rings. The number of pyridine rings is 1. The van der Waals surface area contributed by atoms with E-state index in [0.29, 0.717) is 6.61 Å². The highest BCUT2D eigenvalue weighted by Gasteiger charge is 2.03. The number of fused-ring (bicyclic) bond motifs is 1. The second-order valence-corrected chi connectivity index (χ2v) is 3.36. The van der Waals surface area contributed by atoms with Crippen molar-refractivity contribution < 1.29 is 4.74 Å². The molecule has 0 unspecified atom stereocenters. The first kappa shape index (κ1) is 9.21. The van der Waals surface area contributed by atoms with Crippen molar-refractivity contribution in [2.24, 2.45) is 0 Å². The van der Waals surface area contributed by atoms with E-state index >= 15 is 0 Å². The quantitative estimate of drug-likeness (QED) is 0.738. The number of hydrogen-bond donors (Lipinski definition) is 0. The van der Waals surface area contributed by atoms with Crippen LogP contribution in [0.15, 0.2) is 24.5 Å². The lowest BCUT2D eigenvalue weighted by Gasteiger charge is -2.01. The highest BCUT2D eigenvalue weighted by Crippen LogP contribution is 2.11. The third-order valence-electron chi connectivity index (χ3n) is 2.39. The summed E-state index contributed by atoms with van der Waals surface area (Å²) < 4.78 is 7.16. The molecular formula is C11H14N2O. The van der Waals surface area contributed by atoms with Crippen LogP contribution in [0.4, 0.5) is 0 Å². The van der Waals surface area contributed by atoms with Gasteiger partial charge in [-0.05, 0) is 18.6 Å². The van der Waals surface area contributed by atoms with Gasteiger partial charge in [0.05, 0.1) is 18.3 Å². The van der Waals surface area contributed by atoms with Crippen LogP contribution in [0.3, 0.4) is 0 Å². The van der Waals surface area contributed by atoms with Crippen LogP contribution in [0.1, 0.15) is 11.4 Å². The smallest absolute Gasteiger partial charge is 0.115 e. The minimum Gasteiger partial charge on any atom is -0.384 e. The third kappa shape index (κ3) is 1.51. The molecular weight excluding hydrogens is 176 g/mol. The van der Waals surface area contributed by atoms with Crippen molar-refractivity contribution in [1.82, 2.24) is 9.38 Å². The van der Waals surface area contributed by atoms with E-state index in [1.807, 2.05) is 18.5 Å². The molecule has 0 aliphatic heterocycles. The zero-order valence-corrected chi connectivity index (χ0v) is 8.53. The van der Waals surface area contributed by atoms with Crippen LogP contribution in [0.2, 0.25) is 0 Å². The molecule has 14 heavy (non-hydrogen) atoms. The van der Waals surface area contributed by atoms with Gasteiger partial charge < -0.3 is 9.14 Å². The van der Waals surface area contributed by atoms with Crippen LogP contribution in [0, 0.1) is 6.92 Å². The van der Waals surface area contributed by atoms with E-state index in [0.717, 1.165) is 12.2 Å². The van der Waals surface area contributed by atoms with E-state index in [-0.39, 0.29) is 0 Å². The summed E-state index contributed by atoms with van der Waals surface area (Å²) >= 11 is 0. The van der Waals surface area contributed by atoms with Gasteiger partial charge in [0, 0.05) is 19.7 Å². The van der Waals surface area contributed by atoms with Crippen LogP contribution >= 0.6 is 0 Å². The van der Waals surface area contributed by atoms with Gasteiger partial charge in [0.15, 0.2) is 0 Å². The van der Waals surface area contributed by atoms with Crippen molar-refractivity contribution in [1.29, 1.82) is 0 Å². The van der Waals surface area contributed by atoms with E-state index in [2.05, 4.69) is 22.4 Å². The van der Waals surface area contributed by atoms with Gasteiger partial charge in [-0.2, -0.15) is 0 Å². The summed E-state index contributed by atoms with van der Waals surface area (Å²) in [6.07, 6.45) is 4.81. The highest BCUT2D eigenvalue weighted by molar-refractivity contribution is 5.53. The largest absolute Gasteiger partial charge is 0.384 e. The molecule has 0 saturated heterocycles. The zero-order valence-electron chi connectivity index (χ0n) is 8.53. The first-order valence-corrected chi connectivity index (χ1v) is 4.73. The molecule has 0 aliphatic carbocycles. The molecule has 0 amide bonds. The normalized spacial score (nSPS) is 11.0. The van der Waals surface area contributed by atoms with Crippen molar-refractivity contribution in [3.05, 3.63) is 35.9 Å². The van der Waals surface area contributed by atoms with Crippen molar-refractivity contribution in [3.8, 4) is 0 Å². The molecule has 3 heteroatoms. The molecule has 0 aliphatic rings. The van der Waals surface area contributed by atoms with Gasteiger partial charge in [-0.15, -0.1) is 0 Å². The molecule has 0 atom stereocenters. The summed E-state index contributed by atoms with van der Waals surface area (Å²) in [6.45, 7) is 2.81. The van der Waals surface area contributed by atoms with Gasteiger partial charge in [0.1, 0.15) is 5.82 Å². The summed E-state index contributed by atoms with van der Waals surface area (Å²) in [5.41, 5.74) is 2.43. The molecule has 0 bridgehead atoms. The van der Waals surface area contributed by atoms with Crippen molar-refractivity contribution in [3.63, 3.8) is 0 Å². The fourth-order valence-electron chi connectivity index (χ4n) is 1.59. The fraction of sp³-hybridized carbons (Fsp3) is 0.364. The van der Waals surface area contributed by atoms with E-state index in [1.165, 1.54) is 11.1 Å². The van der Waals surface area contributed by atoms with Crippen LogP contribution in [-0.4, -0.2) is 23.1 Å². The average Bonchev–Trinajstić information content (AvgIpc) is 2.60. The topological polar surface area (TPSA) is 26.5 Å². The maximum absolute atomic E-state index is 5.04. The molecule has 0 saturated carbocycles. The second-order valence-electron chi connectivity index (χ2n) is 3.36. The minimum atomic E-state index is 0.715. The van der Waals surface area contributed by atoms with Crippen molar-refractivity contribution in [2.45, 2.75) is 13.3 Å². The van der Waals surface area contributed by atoms with Crippen molar-refractivity contribution in [2.75, 3.05) is 13.7 Å². The molecule has 0 spiro atoms. The molecule has 3 nitrogen and oxygen atoms in total. The van der Waals surface area contributed by atoms with Crippen LogP contribution in [0.5, 0.6) is 0 Å². The molecule has 74 valence electrons. The maximum Gasteiger partial charge on any atom is 0.115 e. The predicted octanol–water partition coefficient (Wildman–Crippen LogP) is 1.83. The van der Waals surface area contributed by atoms with E-state index in [9.17, 15) is 0 Å². The summed E-state index contributed by atoms with van der Waals surface area (Å²) in [5.74, 6) is 1.06. The number of methoxy groups -OCH3 is 1. The zero-order chi connectivity index (χ0) is 9.97. The number of rotatable bonds is 3. The minimum absolute atomic E-state index is 0.715. The maximum atomic E-state index is 5.04. The van der Waals surface area contributed by atoms with E-state index < -0.39 is 0 Å². The Kier molecular flexibility index (Phi) is 2.50. The lowest BCUT2D eigenvalue weighted by molar-refractivity contribution is 0.200. The van der Waals surface area contributed by atoms with Gasteiger partial charge in [-0.3, -0.25) is 0 Å². The second kappa shape index (κ2) is 3.80. The Bertz CT molecular complexity index is 434. The SMILES string of the molecule is COCCc1ncc2c(C)cccn12. The third-order valence-corrected chi connectivity index (χ3v) is 2.39. The molecule has 0 fully saturated rings. The number of aromatic nitrogens is 2. The van der Waals surface area contributed by atoms with Crippen molar-refractivity contribution >= 4 is 5.52 Å². The number of imidazole rings is 1. The summed E-state index contributed by atoms with van der Waals surface area (Å²) in [6, 6.07) is 4.14. The lowest BCUT2D eigenvalue weighted by atomic mass is 10.2. The summed E-state index contributed by atoms with van der Waals surface area (Å²) in [7, 11) is 1.71. The Morgan fingerprint density at radius 3 is 3.14 bits per heavy atom. The van der Waals surface area contributed by atoms with Crippen LogP contribution in [-0.2, 0) is 11.2 Å². The molecule has 0 N–H and O–H groups in total. The number of aryl methyl sites for hydroxylation is 1. The van der Waals surface area contributed by atoms with Gasteiger partial charge in [0.25, 0.3) is 0 Å². The van der Waals surface area contributed by atoms with Crippen LogP contribution < -0.4 is 0 Å². The number of ether oxygens (including phenoxy) is 1. The standard InChI is InChI=1S/C11H14N2O/c1-9-4-3-6-13-10(9)8-12-11(13)5-7-14-2/h3-4,6,8H,5,7H2,1-2H3. The van der Waals surface area contributed by atoms with Crippen LogP contribution in [0.25, 0.3) is 5.52 Å². The number of nitrogens with zero attached hydrogens (tertiary/aromatic N) is 2. The Labute approximate surface area is 83.3 Å². The molecule has 2 heterocycles. The Balaban J connectivity index is 2.42. The van der Waals surface area contributed by atoms with Gasteiger partial charge in [-0.1, -0.05) is 6.07 Å². The predicted molar refractivity (Wildman–Crippen MR) is 55.5 cm³/mol. The Morgan fingerprint density at radius 1 is 1.50 bits per heavy atom. The van der Waals surface area contributed by atoms with Gasteiger partial charge >= 0.3 is 0 Å². The lowest BCUT2D eigenvalue weighted by Crippen LogP contribution is -2.00. The Hall–Kier alpha value is -1.35. The summed E-state index contributed by atoms with van der Waals surface area (Å²) in [5, 5.41) is 0. The van der Waals surface area contributed by atoms with E-state index in [4.69, 9.17) is 4.74 Å². The molecule has 2 aromatic heterocycles.